The molecule has 2 aromatic rings. The van der Waals surface area contributed by atoms with Crippen molar-refractivity contribution in [1.29, 1.82) is 0 Å². The molecule has 0 bridgehead atoms. The van der Waals surface area contributed by atoms with Gasteiger partial charge in [-0.15, -0.1) is 0 Å². The number of carbonyl (C=O) groups excluding carboxylic acids is 1. The van der Waals surface area contributed by atoms with Gasteiger partial charge in [-0.3, -0.25) is 4.79 Å². The molecule has 3 rings (SSSR count). The van der Waals surface area contributed by atoms with Gasteiger partial charge in [0.25, 0.3) is 5.91 Å². The van der Waals surface area contributed by atoms with E-state index in [0.717, 1.165) is 18.5 Å². The van der Waals surface area contributed by atoms with E-state index in [2.05, 4.69) is 5.32 Å². The first-order chi connectivity index (χ1) is 11.4. The van der Waals surface area contributed by atoms with Crippen LogP contribution in [0.15, 0.2) is 30.3 Å². The first-order valence-corrected chi connectivity index (χ1v) is 8.30. The fourth-order valence-corrected chi connectivity index (χ4v) is 3.75. The third-order valence-electron chi connectivity index (χ3n) is 5.25. The highest BCUT2D eigenvalue weighted by Crippen LogP contribution is 2.42. The molecule has 0 atom stereocenters. The van der Waals surface area contributed by atoms with Gasteiger partial charge >= 0.3 is 0 Å². The van der Waals surface area contributed by atoms with Gasteiger partial charge in [0.15, 0.2) is 0 Å². The largest absolute Gasteiger partial charge is 0.350 e. The Balaban J connectivity index is 1.85. The molecule has 1 aromatic carbocycles. The Morgan fingerprint density at radius 1 is 1.17 bits per heavy atom. The number of rotatable bonds is 4. The lowest BCUT2D eigenvalue weighted by Crippen LogP contribution is -2.40. The predicted octanol–water partition coefficient (Wildman–Crippen LogP) is 3.85. The predicted molar refractivity (Wildman–Crippen MR) is 89.0 cm³/mol. The Labute approximate surface area is 140 Å². The van der Waals surface area contributed by atoms with E-state index < -0.39 is 17.0 Å². The Morgan fingerprint density at radius 2 is 1.79 bits per heavy atom. The second kappa shape index (κ2) is 6.38. The number of aromatic nitrogens is 1. The van der Waals surface area contributed by atoms with Crippen molar-refractivity contribution >= 4 is 5.91 Å². The molecule has 0 saturated heterocycles. The summed E-state index contributed by atoms with van der Waals surface area (Å²) in [5.74, 6) is -1.27. The maximum absolute atomic E-state index is 14.3. The van der Waals surface area contributed by atoms with E-state index >= 15 is 0 Å². The molecule has 0 aliphatic heterocycles. The Kier molecular flexibility index (Phi) is 4.43. The number of halogens is 2. The van der Waals surface area contributed by atoms with E-state index in [1.165, 1.54) is 18.2 Å². The Morgan fingerprint density at radius 3 is 2.33 bits per heavy atom. The summed E-state index contributed by atoms with van der Waals surface area (Å²) in [5.41, 5.74) is 0.988. The van der Waals surface area contributed by atoms with Crippen LogP contribution in [0, 0.1) is 18.6 Å². The van der Waals surface area contributed by atoms with Gasteiger partial charge in [0, 0.05) is 30.3 Å². The first kappa shape index (κ1) is 16.7. The van der Waals surface area contributed by atoms with Gasteiger partial charge in [-0.2, -0.15) is 0 Å². The number of amides is 1. The fraction of sp³-hybridized carbons (Fsp3) is 0.421. The summed E-state index contributed by atoms with van der Waals surface area (Å²) in [6.45, 7) is 2.16. The second-order valence-electron chi connectivity index (χ2n) is 6.69. The summed E-state index contributed by atoms with van der Waals surface area (Å²) >= 11 is 0. The van der Waals surface area contributed by atoms with E-state index in [1.807, 2.05) is 20.0 Å². The fourth-order valence-electron chi connectivity index (χ4n) is 3.75. The van der Waals surface area contributed by atoms with Crippen molar-refractivity contribution in [2.45, 2.75) is 38.0 Å². The molecule has 24 heavy (non-hydrogen) atoms. The van der Waals surface area contributed by atoms with E-state index in [0.29, 0.717) is 18.5 Å². The summed E-state index contributed by atoms with van der Waals surface area (Å²) in [6.07, 6.45) is 3.18. The Bertz CT molecular complexity index is 740. The van der Waals surface area contributed by atoms with Crippen molar-refractivity contribution in [1.82, 2.24) is 9.88 Å². The summed E-state index contributed by atoms with van der Waals surface area (Å²) in [6, 6.07) is 7.59. The average Bonchev–Trinajstić information content (AvgIpc) is 3.14. The third-order valence-corrected chi connectivity index (χ3v) is 5.25. The molecule has 1 amide bonds. The van der Waals surface area contributed by atoms with Crippen LogP contribution in [0.2, 0.25) is 0 Å². The van der Waals surface area contributed by atoms with Gasteiger partial charge in [-0.25, -0.2) is 8.78 Å². The smallest absolute Gasteiger partial charge is 0.267 e. The average molecular weight is 332 g/mol. The van der Waals surface area contributed by atoms with Crippen molar-refractivity contribution in [3.05, 3.63) is 58.9 Å². The minimum absolute atomic E-state index is 0.117. The first-order valence-electron chi connectivity index (χ1n) is 8.30. The molecule has 0 unspecified atom stereocenters. The number of aryl methyl sites for hydroxylation is 1. The number of hydrogen-bond acceptors (Lipinski definition) is 1. The minimum atomic E-state index is -0.661. The summed E-state index contributed by atoms with van der Waals surface area (Å²) < 4.78 is 30.4. The molecule has 3 nitrogen and oxygen atoms in total. The van der Waals surface area contributed by atoms with Crippen molar-refractivity contribution in [2.75, 3.05) is 6.54 Å². The highest BCUT2D eigenvalue weighted by molar-refractivity contribution is 5.93. The van der Waals surface area contributed by atoms with Crippen LogP contribution in [0.4, 0.5) is 8.78 Å². The molecule has 1 heterocycles. The van der Waals surface area contributed by atoms with Crippen LogP contribution >= 0.6 is 0 Å². The van der Waals surface area contributed by atoms with Crippen LogP contribution in [-0.4, -0.2) is 17.0 Å². The molecule has 1 aliphatic rings. The number of nitrogens with one attached hydrogen (secondary N) is 1. The highest BCUT2D eigenvalue weighted by Gasteiger charge is 2.40. The number of carbonyl (C=O) groups is 1. The maximum Gasteiger partial charge on any atom is 0.267 e. The zero-order valence-electron chi connectivity index (χ0n) is 14.0. The number of benzene rings is 1. The van der Waals surface area contributed by atoms with E-state index in [1.54, 1.807) is 10.6 Å². The van der Waals surface area contributed by atoms with Crippen molar-refractivity contribution in [2.24, 2.45) is 7.05 Å². The van der Waals surface area contributed by atoms with Gasteiger partial charge in [-0.05, 0) is 44.0 Å². The summed E-state index contributed by atoms with van der Waals surface area (Å²) in [7, 11) is 1.83. The lowest BCUT2D eigenvalue weighted by atomic mass is 9.78. The minimum Gasteiger partial charge on any atom is -0.350 e. The monoisotopic (exact) mass is 332 g/mol. The van der Waals surface area contributed by atoms with E-state index in [-0.39, 0.29) is 18.0 Å². The Hall–Kier alpha value is -2.17. The molecule has 0 radical (unpaired) electrons. The molecule has 1 aromatic heterocycles. The molecule has 128 valence electrons. The van der Waals surface area contributed by atoms with E-state index in [9.17, 15) is 13.6 Å². The van der Waals surface area contributed by atoms with Gasteiger partial charge < -0.3 is 9.88 Å². The molecular weight excluding hydrogens is 310 g/mol. The van der Waals surface area contributed by atoms with Gasteiger partial charge in [-0.1, -0.05) is 18.9 Å². The van der Waals surface area contributed by atoms with Crippen LogP contribution < -0.4 is 5.32 Å². The molecule has 1 aliphatic carbocycles. The van der Waals surface area contributed by atoms with Gasteiger partial charge in [0.2, 0.25) is 0 Å². The van der Waals surface area contributed by atoms with E-state index in [4.69, 9.17) is 0 Å². The van der Waals surface area contributed by atoms with Crippen LogP contribution in [0.1, 0.15) is 47.4 Å². The van der Waals surface area contributed by atoms with Crippen LogP contribution in [0.5, 0.6) is 0 Å². The van der Waals surface area contributed by atoms with Gasteiger partial charge in [0.05, 0.1) is 0 Å². The van der Waals surface area contributed by atoms with Crippen LogP contribution in [-0.2, 0) is 12.5 Å². The SMILES string of the molecule is Cc1ccc(C(=O)NCC2(c3c(F)cccc3F)CCCC2)n1C. The molecular formula is C19H22F2N2O. The van der Waals surface area contributed by atoms with Crippen molar-refractivity contribution < 1.29 is 13.6 Å². The van der Waals surface area contributed by atoms with Crippen LogP contribution in [0.3, 0.4) is 0 Å². The normalized spacial score (nSPS) is 16.3. The second-order valence-corrected chi connectivity index (χ2v) is 6.69. The topological polar surface area (TPSA) is 34.0 Å². The summed E-state index contributed by atoms with van der Waals surface area (Å²) in [5, 5.41) is 2.90. The van der Waals surface area contributed by atoms with Crippen molar-refractivity contribution in [3.8, 4) is 0 Å². The van der Waals surface area contributed by atoms with Crippen molar-refractivity contribution in [3.63, 3.8) is 0 Å². The molecule has 1 N–H and O–H groups in total. The summed E-state index contributed by atoms with van der Waals surface area (Å²) in [4.78, 5) is 12.5. The zero-order chi connectivity index (χ0) is 17.3. The molecule has 5 heteroatoms. The maximum atomic E-state index is 14.3. The lowest BCUT2D eigenvalue weighted by Gasteiger charge is -2.30. The molecule has 1 fully saturated rings. The number of hydrogen-bond donors (Lipinski definition) is 1. The molecule has 0 spiro atoms. The zero-order valence-corrected chi connectivity index (χ0v) is 14.0. The molecule has 1 saturated carbocycles. The lowest BCUT2D eigenvalue weighted by molar-refractivity contribution is 0.0933. The van der Waals surface area contributed by atoms with Crippen LogP contribution in [0.25, 0.3) is 0 Å². The number of nitrogens with zero attached hydrogens (tertiary/aromatic N) is 1. The third kappa shape index (κ3) is 2.83. The quantitative estimate of drug-likeness (QED) is 0.906. The standard InChI is InChI=1S/C19H22F2N2O/c1-13-8-9-16(23(13)2)18(24)22-12-19(10-3-4-11-19)17-14(20)6-5-7-15(17)21/h5-9H,3-4,10-12H2,1-2H3,(H,22,24). The highest BCUT2D eigenvalue weighted by atomic mass is 19.1. The van der Waals surface area contributed by atoms with Gasteiger partial charge in [0.1, 0.15) is 17.3 Å².